The van der Waals surface area contributed by atoms with Gasteiger partial charge in [-0.3, -0.25) is 14.4 Å². The van der Waals surface area contributed by atoms with Gasteiger partial charge in [-0.2, -0.15) is 0 Å². The van der Waals surface area contributed by atoms with Crippen LogP contribution in [0.5, 0.6) is 5.75 Å². The molecule has 7 nitrogen and oxygen atoms in total. The minimum Gasteiger partial charge on any atom is -0.492 e. The monoisotopic (exact) mass is 359 g/mol. The maximum atomic E-state index is 12.8. The number of carbonyl (C=O) groups is 3. The highest BCUT2D eigenvalue weighted by Crippen LogP contribution is 2.18. The third-order valence-corrected chi connectivity index (χ3v) is 4.86. The maximum absolute atomic E-state index is 12.8. The molecule has 26 heavy (non-hydrogen) atoms. The summed E-state index contributed by atoms with van der Waals surface area (Å²) in [5, 5.41) is 2.80. The third kappa shape index (κ3) is 3.98. The molecule has 0 spiro atoms. The van der Waals surface area contributed by atoms with Crippen LogP contribution < -0.4 is 10.1 Å². The second-order valence-corrected chi connectivity index (χ2v) is 6.57. The minimum absolute atomic E-state index is 0.102. The van der Waals surface area contributed by atoms with Crippen LogP contribution in [0.15, 0.2) is 24.3 Å². The van der Waals surface area contributed by atoms with Gasteiger partial charge >= 0.3 is 0 Å². The van der Waals surface area contributed by atoms with E-state index in [0.29, 0.717) is 50.4 Å². The van der Waals surface area contributed by atoms with E-state index in [0.717, 1.165) is 13.0 Å². The quantitative estimate of drug-likeness (QED) is 0.823. The summed E-state index contributed by atoms with van der Waals surface area (Å²) in [4.78, 5) is 39.8. The molecule has 2 saturated heterocycles. The topological polar surface area (TPSA) is 79.0 Å². The fourth-order valence-electron chi connectivity index (χ4n) is 3.46. The first-order valence-electron chi connectivity index (χ1n) is 9.19. The number of hydrogen-bond acceptors (Lipinski definition) is 4. The molecular formula is C19H25N3O4. The van der Waals surface area contributed by atoms with Crippen molar-refractivity contribution >= 4 is 17.7 Å². The molecule has 0 radical (unpaired) electrons. The third-order valence-electron chi connectivity index (χ3n) is 4.86. The van der Waals surface area contributed by atoms with E-state index in [2.05, 4.69) is 5.32 Å². The van der Waals surface area contributed by atoms with Crippen molar-refractivity contribution in [2.24, 2.45) is 0 Å². The van der Waals surface area contributed by atoms with Gasteiger partial charge in [0.05, 0.1) is 6.54 Å². The zero-order valence-electron chi connectivity index (χ0n) is 15.1. The van der Waals surface area contributed by atoms with Crippen molar-refractivity contribution in [1.82, 2.24) is 15.1 Å². The smallest absolute Gasteiger partial charge is 0.254 e. The van der Waals surface area contributed by atoms with Crippen molar-refractivity contribution in [2.75, 3.05) is 32.8 Å². The zero-order valence-corrected chi connectivity index (χ0v) is 15.1. The van der Waals surface area contributed by atoms with Gasteiger partial charge in [0.2, 0.25) is 11.8 Å². The van der Waals surface area contributed by atoms with E-state index >= 15 is 0 Å². The number of ether oxygens (including phenoxy) is 1. The van der Waals surface area contributed by atoms with Crippen LogP contribution in [0.3, 0.4) is 0 Å². The Morgan fingerprint density at radius 1 is 1.31 bits per heavy atom. The lowest BCUT2D eigenvalue weighted by atomic mass is 10.1. The average Bonchev–Trinajstić information content (AvgIpc) is 3.06. The van der Waals surface area contributed by atoms with Gasteiger partial charge in [0.1, 0.15) is 18.4 Å². The lowest BCUT2D eigenvalue weighted by Crippen LogP contribution is -2.56. The molecule has 7 heteroatoms. The number of hydrogen-bond donors (Lipinski definition) is 1. The lowest BCUT2D eigenvalue weighted by Gasteiger charge is -2.34. The Labute approximate surface area is 153 Å². The molecular weight excluding hydrogens is 334 g/mol. The Bertz CT molecular complexity index is 691. The van der Waals surface area contributed by atoms with Gasteiger partial charge in [-0.25, -0.2) is 0 Å². The molecule has 0 saturated carbocycles. The molecule has 2 aliphatic rings. The van der Waals surface area contributed by atoms with Crippen molar-refractivity contribution in [3.63, 3.8) is 0 Å². The van der Waals surface area contributed by atoms with Crippen LogP contribution in [0.2, 0.25) is 0 Å². The van der Waals surface area contributed by atoms with E-state index < -0.39 is 6.04 Å². The maximum Gasteiger partial charge on any atom is 0.254 e. The fraction of sp³-hybridized carbons (Fsp3) is 0.526. The molecule has 1 N–H and O–H groups in total. The summed E-state index contributed by atoms with van der Waals surface area (Å²) in [7, 11) is 0. The molecule has 2 heterocycles. The lowest BCUT2D eigenvalue weighted by molar-refractivity contribution is -0.128. The minimum atomic E-state index is -0.429. The van der Waals surface area contributed by atoms with E-state index in [1.807, 2.05) is 6.92 Å². The van der Waals surface area contributed by atoms with Gasteiger partial charge in [-0.15, -0.1) is 0 Å². The van der Waals surface area contributed by atoms with Gasteiger partial charge in [-0.1, -0.05) is 13.0 Å². The Balaban J connectivity index is 1.61. The first-order chi connectivity index (χ1) is 12.6. The van der Waals surface area contributed by atoms with Crippen molar-refractivity contribution in [3.05, 3.63) is 29.8 Å². The van der Waals surface area contributed by atoms with E-state index in [9.17, 15) is 14.4 Å². The molecule has 0 unspecified atom stereocenters. The second kappa shape index (κ2) is 8.21. The predicted molar refractivity (Wildman–Crippen MR) is 95.9 cm³/mol. The van der Waals surface area contributed by atoms with E-state index in [1.165, 1.54) is 0 Å². The highest BCUT2D eigenvalue weighted by Gasteiger charge is 2.32. The average molecular weight is 359 g/mol. The molecule has 1 atom stereocenters. The molecule has 0 aromatic heterocycles. The fourth-order valence-corrected chi connectivity index (χ4v) is 3.46. The van der Waals surface area contributed by atoms with Crippen molar-refractivity contribution in [1.29, 1.82) is 0 Å². The van der Waals surface area contributed by atoms with Crippen LogP contribution in [0.1, 0.15) is 36.5 Å². The number of piperazine rings is 1. The first-order valence-corrected chi connectivity index (χ1v) is 9.19. The van der Waals surface area contributed by atoms with Crippen LogP contribution in [-0.2, 0) is 9.59 Å². The van der Waals surface area contributed by atoms with Gasteiger partial charge in [0.15, 0.2) is 0 Å². The van der Waals surface area contributed by atoms with Gasteiger partial charge in [0, 0.05) is 31.6 Å². The summed E-state index contributed by atoms with van der Waals surface area (Å²) in [6.07, 6.45) is 2.11. The van der Waals surface area contributed by atoms with Crippen LogP contribution in [0.4, 0.5) is 0 Å². The Hall–Kier alpha value is -2.57. The largest absolute Gasteiger partial charge is 0.492 e. The number of nitrogens with zero attached hydrogens (tertiary/aromatic N) is 2. The normalized spacial score (nSPS) is 20.3. The molecule has 2 fully saturated rings. The standard InChI is InChI=1S/C19H25N3O4/c1-2-16-18(24)20-8-10-22(16)19(25)14-5-3-6-15(13-14)26-12-11-21-9-4-7-17(21)23/h3,5-6,13,16H,2,4,7-12H2,1H3,(H,20,24)/t16-/m0/s1. The summed E-state index contributed by atoms with van der Waals surface area (Å²) >= 11 is 0. The summed E-state index contributed by atoms with van der Waals surface area (Å²) in [6.45, 7) is 4.62. The predicted octanol–water partition coefficient (Wildman–Crippen LogP) is 1.04. The summed E-state index contributed by atoms with van der Waals surface area (Å²) < 4.78 is 5.72. The first kappa shape index (κ1) is 18.2. The van der Waals surface area contributed by atoms with Crippen LogP contribution >= 0.6 is 0 Å². The molecule has 3 amide bonds. The van der Waals surface area contributed by atoms with Crippen molar-refractivity contribution < 1.29 is 19.1 Å². The number of benzene rings is 1. The molecule has 2 aliphatic heterocycles. The highest BCUT2D eigenvalue weighted by molar-refractivity contribution is 5.98. The molecule has 0 aliphatic carbocycles. The van der Waals surface area contributed by atoms with E-state index in [4.69, 9.17) is 4.74 Å². The van der Waals surface area contributed by atoms with Gasteiger partial charge < -0.3 is 19.9 Å². The Kier molecular flexibility index (Phi) is 5.75. The van der Waals surface area contributed by atoms with Crippen LogP contribution in [0, 0.1) is 0 Å². The second-order valence-electron chi connectivity index (χ2n) is 6.57. The number of amides is 3. The summed E-state index contributed by atoms with van der Waals surface area (Å²) in [5.74, 6) is 0.505. The number of nitrogens with one attached hydrogen (secondary N) is 1. The van der Waals surface area contributed by atoms with Crippen LogP contribution in [-0.4, -0.2) is 66.3 Å². The molecule has 0 bridgehead atoms. The van der Waals surface area contributed by atoms with E-state index in [1.54, 1.807) is 34.1 Å². The summed E-state index contributed by atoms with van der Waals surface area (Å²) in [6, 6.07) is 6.57. The SMILES string of the molecule is CC[C@H]1C(=O)NCCN1C(=O)c1cccc(OCCN2CCCC2=O)c1. The zero-order chi connectivity index (χ0) is 18.5. The van der Waals surface area contributed by atoms with E-state index in [-0.39, 0.29) is 17.7 Å². The Morgan fingerprint density at radius 2 is 2.15 bits per heavy atom. The number of carbonyl (C=O) groups excluding carboxylic acids is 3. The van der Waals surface area contributed by atoms with Gasteiger partial charge in [-0.05, 0) is 31.0 Å². The number of rotatable bonds is 6. The number of likely N-dealkylation sites (tertiary alicyclic amines) is 1. The molecule has 140 valence electrons. The molecule has 1 aromatic rings. The molecule has 1 aromatic carbocycles. The van der Waals surface area contributed by atoms with Crippen molar-refractivity contribution in [3.8, 4) is 5.75 Å². The highest BCUT2D eigenvalue weighted by atomic mass is 16.5. The Morgan fingerprint density at radius 3 is 2.88 bits per heavy atom. The molecule has 3 rings (SSSR count). The van der Waals surface area contributed by atoms with Gasteiger partial charge in [0.25, 0.3) is 5.91 Å². The van der Waals surface area contributed by atoms with Crippen LogP contribution in [0.25, 0.3) is 0 Å². The summed E-state index contributed by atoms with van der Waals surface area (Å²) in [5.41, 5.74) is 0.507. The van der Waals surface area contributed by atoms with Crippen molar-refractivity contribution in [2.45, 2.75) is 32.2 Å².